The number of thiophene rings is 1. The van der Waals surface area contributed by atoms with Gasteiger partial charge in [-0.05, 0) is 53.9 Å². The Hall–Kier alpha value is -5.19. The molecule has 0 saturated carbocycles. The molecule has 0 aliphatic rings. The van der Waals surface area contributed by atoms with Crippen LogP contribution in [0.25, 0.3) is 86.0 Å². The monoisotopic (exact) mass is 539 g/mol. The molecule has 0 aliphatic heterocycles. The summed E-state index contributed by atoms with van der Waals surface area (Å²) in [4.78, 5) is 5.34. The smallest absolute Gasteiger partial charge is 0.147 e. The number of hydrogen-bond donors (Lipinski definition) is 0. The second-order valence-electron chi connectivity index (χ2n) is 10.8. The van der Waals surface area contributed by atoms with Gasteiger partial charge in [0.05, 0.1) is 27.6 Å². The van der Waals surface area contributed by atoms with Gasteiger partial charge in [0.1, 0.15) is 5.65 Å². The first kappa shape index (κ1) is 21.6. The number of imidazole rings is 1. The molecular weight excluding hydrogens is 518 g/mol. The first-order valence-electron chi connectivity index (χ1n) is 13.9. The van der Waals surface area contributed by atoms with Gasteiger partial charge in [-0.25, -0.2) is 4.98 Å². The van der Waals surface area contributed by atoms with Crippen molar-refractivity contribution in [2.75, 3.05) is 0 Å². The molecule has 0 bridgehead atoms. The Morgan fingerprint density at radius 2 is 1.20 bits per heavy atom. The Balaban J connectivity index is 1.55. The van der Waals surface area contributed by atoms with E-state index in [4.69, 9.17) is 4.98 Å². The summed E-state index contributed by atoms with van der Waals surface area (Å²) < 4.78 is 7.44. The van der Waals surface area contributed by atoms with Crippen LogP contribution in [-0.4, -0.2) is 14.0 Å². The van der Waals surface area contributed by atoms with Gasteiger partial charge in [-0.15, -0.1) is 11.3 Å². The lowest BCUT2D eigenvalue weighted by Gasteiger charge is -2.13. The molecule has 0 atom stereocenters. The maximum absolute atomic E-state index is 5.34. The van der Waals surface area contributed by atoms with Crippen LogP contribution in [0.5, 0.6) is 0 Å². The highest BCUT2D eigenvalue weighted by Crippen LogP contribution is 2.45. The summed E-state index contributed by atoms with van der Waals surface area (Å²) in [5, 5.41) is 8.83. The molecular formula is C37H21N3S. The molecule has 0 amide bonds. The Labute approximate surface area is 238 Å². The maximum Gasteiger partial charge on any atom is 0.147 e. The van der Waals surface area contributed by atoms with Gasteiger partial charge in [-0.1, -0.05) is 78.9 Å². The highest BCUT2D eigenvalue weighted by molar-refractivity contribution is 7.26. The summed E-state index contributed by atoms with van der Waals surface area (Å²) in [6.45, 7) is 0. The van der Waals surface area contributed by atoms with Gasteiger partial charge in [0, 0.05) is 47.4 Å². The summed E-state index contributed by atoms with van der Waals surface area (Å²) in [6, 6.07) is 46.1. The zero-order chi connectivity index (χ0) is 26.7. The lowest BCUT2D eigenvalue weighted by molar-refractivity contribution is 1.18. The van der Waals surface area contributed by atoms with Gasteiger partial charge >= 0.3 is 0 Å². The van der Waals surface area contributed by atoms with E-state index in [1.165, 1.54) is 63.7 Å². The maximum atomic E-state index is 5.34. The summed E-state index contributed by atoms with van der Waals surface area (Å²) in [5.74, 6) is 0. The molecule has 4 aromatic heterocycles. The number of aromatic nitrogens is 3. The minimum absolute atomic E-state index is 1.02. The van der Waals surface area contributed by atoms with Crippen molar-refractivity contribution >= 4 is 91.7 Å². The highest BCUT2D eigenvalue weighted by Gasteiger charge is 2.22. The molecule has 0 spiro atoms. The topological polar surface area (TPSA) is 22.2 Å². The van der Waals surface area contributed by atoms with E-state index < -0.39 is 0 Å². The third-order valence-corrected chi connectivity index (χ3v) is 9.80. The first-order valence-corrected chi connectivity index (χ1v) is 14.7. The van der Waals surface area contributed by atoms with Crippen molar-refractivity contribution in [3.05, 3.63) is 127 Å². The predicted molar refractivity (Wildman–Crippen MR) is 175 cm³/mol. The van der Waals surface area contributed by atoms with E-state index in [1.54, 1.807) is 0 Å². The number of pyridine rings is 1. The lowest BCUT2D eigenvalue weighted by Crippen LogP contribution is -1.95. The Bertz CT molecular complexity index is 2690. The van der Waals surface area contributed by atoms with Crippen LogP contribution >= 0.6 is 11.3 Å². The first-order chi connectivity index (χ1) is 20.4. The molecule has 0 saturated heterocycles. The van der Waals surface area contributed by atoms with E-state index >= 15 is 0 Å². The molecule has 10 rings (SSSR count). The molecule has 0 N–H and O–H groups in total. The van der Waals surface area contributed by atoms with Crippen molar-refractivity contribution in [3.63, 3.8) is 0 Å². The highest BCUT2D eigenvalue weighted by atomic mass is 32.1. The van der Waals surface area contributed by atoms with Gasteiger partial charge in [-0.2, -0.15) is 0 Å². The fourth-order valence-electron chi connectivity index (χ4n) is 7.04. The van der Waals surface area contributed by atoms with Crippen LogP contribution in [0.15, 0.2) is 127 Å². The van der Waals surface area contributed by atoms with E-state index in [2.05, 4.69) is 136 Å². The average Bonchev–Trinajstić information content (AvgIpc) is 3.71. The number of fused-ring (bicyclic) bond motifs is 16. The molecule has 0 radical (unpaired) electrons. The second-order valence-corrected chi connectivity index (χ2v) is 11.8. The van der Waals surface area contributed by atoms with Crippen LogP contribution in [0.1, 0.15) is 0 Å². The standard InChI is InChI=1S/C37H21N3S/c1-2-10-22(11-3-1)39-28-15-7-4-12-25(28)33-30(39)20-18-24-23-19-21-32-34(26-13-5-9-17-31(26)41-32)35(23)37-38-27-14-6-8-16-29(27)40(37)36(24)33/h1-21H. The van der Waals surface area contributed by atoms with E-state index in [0.717, 1.165) is 22.4 Å². The molecule has 0 unspecified atom stereocenters. The van der Waals surface area contributed by atoms with Crippen LogP contribution in [0.3, 0.4) is 0 Å². The quantitative estimate of drug-likeness (QED) is 0.190. The number of rotatable bonds is 1. The van der Waals surface area contributed by atoms with E-state index in [1.807, 2.05) is 11.3 Å². The third-order valence-electron chi connectivity index (χ3n) is 8.67. The van der Waals surface area contributed by atoms with Gasteiger partial charge in [0.15, 0.2) is 0 Å². The number of nitrogens with zero attached hydrogens (tertiary/aromatic N) is 3. The zero-order valence-corrected chi connectivity index (χ0v) is 22.7. The van der Waals surface area contributed by atoms with E-state index in [-0.39, 0.29) is 0 Å². The van der Waals surface area contributed by atoms with Gasteiger partial charge in [0.2, 0.25) is 0 Å². The molecule has 0 fully saturated rings. The molecule has 10 aromatic rings. The Morgan fingerprint density at radius 1 is 0.463 bits per heavy atom. The van der Waals surface area contributed by atoms with Crippen molar-refractivity contribution in [3.8, 4) is 5.69 Å². The number of benzene rings is 6. The van der Waals surface area contributed by atoms with E-state index in [9.17, 15) is 0 Å². The Kier molecular flexibility index (Phi) is 4.07. The number of hydrogen-bond acceptors (Lipinski definition) is 2. The number of para-hydroxylation sites is 4. The van der Waals surface area contributed by atoms with Crippen molar-refractivity contribution < 1.29 is 0 Å². The van der Waals surface area contributed by atoms with Crippen molar-refractivity contribution in [2.24, 2.45) is 0 Å². The van der Waals surface area contributed by atoms with Crippen LogP contribution in [0.4, 0.5) is 0 Å². The fourth-order valence-corrected chi connectivity index (χ4v) is 8.15. The SMILES string of the molecule is c1ccc(-n2c3ccccc3c3c2ccc2c4ccc5sc6ccccc6c5c4c4nc5ccccc5n4c23)cc1. The second kappa shape index (κ2) is 7.72. The summed E-state index contributed by atoms with van der Waals surface area (Å²) in [6.07, 6.45) is 0. The average molecular weight is 540 g/mol. The Morgan fingerprint density at radius 3 is 2.10 bits per heavy atom. The predicted octanol–water partition coefficient (Wildman–Crippen LogP) is 10.3. The van der Waals surface area contributed by atoms with Gasteiger partial charge in [0.25, 0.3) is 0 Å². The van der Waals surface area contributed by atoms with Crippen molar-refractivity contribution in [1.29, 1.82) is 0 Å². The molecule has 41 heavy (non-hydrogen) atoms. The van der Waals surface area contributed by atoms with Gasteiger partial charge < -0.3 is 4.57 Å². The molecule has 4 heterocycles. The van der Waals surface area contributed by atoms with Crippen LogP contribution in [0.2, 0.25) is 0 Å². The minimum Gasteiger partial charge on any atom is -0.309 e. The normalized spacial score (nSPS) is 12.4. The van der Waals surface area contributed by atoms with Crippen molar-refractivity contribution in [2.45, 2.75) is 0 Å². The lowest BCUT2D eigenvalue weighted by atomic mass is 9.99. The molecule has 4 heteroatoms. The summed E-state index contributed by atoms with van der Waals surface area (Å²) >= 11 is 1.86. The fraction of sp³-hybridized carbons (Fsp3) is 0. The minimum atomic E-state index is 1.02. The molecule has 190 valence electrons. The van der Waals surface area contributed by atoms with Crippen molar-refractivity contribution in [1.82, 2.24) is 14.0 Å². The van der Waals surface area contributed by atoms with E-state index in [0.29, 0.717) is 0 Å². The largest absolute Gasteiger partial charge is 0.309 e. The van der Waals surface area contributed by atoms with Gasteiger partial charge in [-0.3, -0.25) is 4.40 Å². The van der Waals surface area contributed by atoms with Crippen LogP contribution in [-0.2, 0) is 0 Å². The molecule has 0 aliphatic carbocycles. The van der Waals surface area contributed by atoms with Crippen LogP contribution < -0.4 is 0 Å². The summed E-state index contributed by atoms with van der Waals surface area (Å²) in [5.41, 5.74) is 7.95. The molecule has 6 aromatic carbocycles. The molecule has 3 nitrogen and oxygen atoms in total. The third kappa shape index (κ3) is 2.70. The zero-order valence-electron chi connectivity index (χ0n) is 21.9. The van der Waals surface area contributed by atoms with Crippen LogP contribution in [0, 0.1) is 0 Å². The summed E-state index contributed by atoms with van der Waals surface area (Å²) in [7, 11) is 0.